The third kappa shape index (κ3) is 6.20. The van der Waals surface area contributed by atoms with E-state index in [2.05, 4.69) is 0 Å². The van der Waals surface area contributed by atoms with Gasteiger partial charge in [0, 0.05) is 61.8 Å². The van der Waals surface area contributed by atoms with Crippen molar-refractivity contribution in [2.24, 2.45) is 0 Å². The van der Waals surface area contributed by atoms with Crippen LogP contribution in [0, 0.1) is 0 Å². The lowest BCUT2D eigenvalue weighted by Gasteiger charge is -2.16. The van der Waals surface area contributed by atoms with Gasteiger partial charge in [0.25, 0.3) is 0 Å². The van der Waals surface area contributed by atoms with Gasteiger partial charge in [-0.3, -0.25) is 9.59 Å². The molecule has 0 aliphatic rings. The first-order valence-electron chi connectivity index (χ1n) is 11.1. The van der Waals surface area contributed by atoms with Crippen molar-refractivity contribution in [3.8, 4) is 0 Å². The van der Waals surface area contributed by atoms with Crippen LogP contribution in [-0.2, 0) is 0 Å². The van der Waals surface area contributed by atoms with Crippen molar-refractivity contribution in [3.05, 3.63) is 131 Å². The largest absolute Gasteiger partial charge is 0.378 e. The summed E-state index contributed by atoms with van der Waals surface area (Å²) in [7, 11) is 7.84. The van der Waals surface area contributed by atoms with E-state index in [9.17, 15) is 9.59 Å². The Morgan fingerprint density at radius 2 is 0.912 bits per heavy atom. The summed E-state index contributed by atoms with van der Waals surface area (Å²) >= 11 is 0. The molecule has 4 aromatic rings. The molecule has 0 bridgehead atoms. The van der Waals surface area contributed by atoms with E-state index in [0.29, 0.717) is 0 Å². The van der Waals surface area contributed by atoms with Gasteiger partial charge in [-0.05, 0) is 36.4 Å². The number of hydrogen-bond donors (Lipinski definition) is 0. The Hall–Kier alpha value is -4.18. The maximum Gasteiger partial charge on any atom is 0.195 e. The fraction of sp³-hybridized carbons (Fsp3) is 0.133. The molecule has 0 aliphatic heterocycles. The summed E-state index contributed by atoms with van der Waals surface area (Å²) < 4.78 is 0. The van der Waals surface area contributed by atoms with E-state index in [1.807, 2.05) is 147 Å². The lowest BCUT2D eigenvalue weighted by Crippen LogP contribution is -2.14. The number of anilines is 2. The van der Waals surface area contributed by atoms with Crippen molar-refractivity contribution in [1.82, 2.24) is 0 Å². The molecule has 0 saturated heterocycles. The zero-order valence-corrected chi connectivity index (χ0v) is 20.1. The van der Waals surface area contributed by atoms with Gasteiger partial charge < -0.3 is 9.80 Å². The zero-order valence-electron chi connectivity index (χ0n) is 20.1. The molecule has 0 aromatic heterocycles. The predicted octanol–water partition coefficient (Wildman–Crippen LogP) is 5.97. The number of hydrogen-bond acceptors (Lipinski definition) is 4. The lowest BCUT2D eigenvalue weighted by molar-refractivity contribution is 0.103. The van der Waals surface area contributed by atoms with Gasteiger partial charge in [0.1, 0.15) is 0 Å². The SMILES string of the molecule is CN(C)c1ccc(C(=O)c2ccccc2)cc1.CN(C)c1ccccc1C(=O)c1ccccc1. The molecule has 0 aliphatic carbocycles. The van der Waals surface area contributed by atoms with Gasteiger partial charge in [0.15, 0.2) is 11.6 Å². The minimum Gasteiger partial charge on any atom is -0.378 e. The van der Waals surface area contributed by atoms with Crippen molar-refractivity contribution in [2.75, 3.05) is 38.0 Å². The van der Waals surface area contributed by atoms with E-state index < -0.39 is 0 Å². The van der Waals surface area contributed by atoms with E-state index in [1.165, 1.54) is 0 Å². The number of rotatable bonds is 6. The van der Waals surface area contributed by atoms with Gasteiger partial charge in [-0.25, -0.2) is 0 Å². The van der Waals surface area contributed by atoms with Crippen molar-refractivity contribution in [2.45, 2.75) is 0 Å². The second kappa shape index (κ2) is 11.6. The quantitative estimate of drug-likeness (QED) is 0.340. The van der Waals surface area contributed by atoms with E-state index in [1.54, 1.807) is 0 Å². The third-order valence-corrected chi connectivity index (χ3v) is 5.35. The molecule has 0 spiro atoms. The number of nitrogens with zero attached hydrogens (tertiary/aromatic N) is 2. The highest BCUT2D eigenvalue weighted by Crippen LogP contribution is 2.21. The highest BCUT2D eigenvalue weighted by molar-refractivity contribution is 6.12. The lowest BCUT2D eigenvalue weighted by atomic mass is 10.0. The maximum atomic E-state index is 12.3. The molecule has 0 saturated carbocycles. The molecule has 4 nitrogen and oxygen atoms in total. The molecule has 0 amide bonds. The summed E-state index contributed by atoms with van der Waals surface area (Å²) in [5.74, 6) is 0.130. The molecule has 34 heavy (non-hydrogen) atoms. The average molecular weight is 451 g/mol. The highest BCUT2D eigenvalue weighted by Gasteiger charge is 2.13. The standard InChI is InChI=1S/2C15H15NO/c1-16(2)14-11-7-6-10-13(14)15(17)12-8-4-3-5-9-12;1-16(2)14-10-8-13(9-11-14)15(17)12-6-4-3-5-7-12/h2*3-11H,1-2H3. The molecule has 0 N–H and O–H groups in total. The molecule has 172 valence electrons. The minimum absolute atomic E-state index is 0.0647. The fourth-order valence-electron chi connectivity index (χ4n) is 3.47. The molecule has 0 radical (unpaired) electrons. The van der Waals surface area contributed by atoms with Crippen LogP contribution in [0.15, 0.2) is 109 Å². The first-order valence-corrected chi connectivity index (χ1v) is 11.1. The fourth-order valence-corrected chi connectivity index (χ4v) is 3.47. The Kier molecular flexibility index (Phi) is 8.36. The average Bonchev–Trinajstić information content (AvgIpc) is 2.89. The van der Waals surface area contributed by atoms with Crippen LogP contribution in [-0.4, -0.2) is 39.8 Å². The first kappa shape index (κ1) is 24.5. The predicted molar refractivity (Wildman–Crippen MR) is 141 cm³/mol. The van der Waals surface area contributed by atoms with Gasteiger partial charge in [-0.1, -0.05) is 72.8 Å². The first-order chi connectivity index (χ1) is 16.4. The Balaban J connectivity index is 0.000000191. The van der Waals surface area contributed by atoms with Gasteiger partial charge in [-0.15, -0.1) is 0 Å². The number of carbonyl (C=O) groups excluding carboxylic acids is 2. The Morgan fingerprint density at radius 3 is 1.41 bits per heavy atom. The summed E-state index contributed by atoms with van der Waals surface area (Å²) in [5.41, 5.74) is 4.95. The summed E-state index contributed by atoms with van der Waals surface area (Å²) in [6.07, 6.45) is 0. The number of para-hydroxylation sites is 1. The van der Waals surface area contributed by atoms with E-state index in [4.69, 9.17) is 0 Å². The normalized spacial score (nSPS) is 10.0. The summed E-state index contributed by atoms with van der Waals surface area (Å²) in [5, 5.41) is 0. The van der Waals surface area contributed by atoms with E-state index >= 15 is 0 Å². The second-order valence-electron chi connectivity index (χ2n) is 8.24. The molecule has 0 fully saturated rings. The van der Waals surface area contributed by atoms with Crippen LogP contribution in [0.4, 0.5) is 11.4 Å². The van der Waals surface area contributed by atoms with Gasteiger partial charge in [0.05, 0.1) is 0 Å². The van der Waals surface area contributed by atoms with Crippen molar-refractivity contribution in [3.63, 3.8) is 0 Å². The summed E-state index contributed by atoms with van der Waals surface area (Å²) in [6, 6.07) is 34.0. The Bertz CT molecular complexity index is 1220. The molecule has 4 aromatic carbocycles. The monoisotopic (exact) mass is 450 g/mol. The molecule has 0 heterocycles. The van der Waals surface area contributed by atoms with Gasteiger partial charge >= 0.3 is 0 Å². The van der Waals surface area contributed by atoms with Crippen LogP contribution in [0.3, 0.4) is 0 Å². The topological polar surface area (TPSA) is 40.6 Å². The Labute approximate surface area is 202 Å². The maximum absolute atomic E-state index is 12.3. The molecule has 4 heteroatoms. The molecule has 0 unspecified atom stereocenters. The van der Waals surface area contributed by atoms with Crippen molar-refractivity contribution in [1.29, 1.82) is 0 Å². The molecule has 0 atom stereocenters. The Morgan fingerprint density at radius 1 is 0.471 bits per heavy atom. The van der Waals surface area contributed by atoms with E-state index in [-0.39, 0.29) is 11.6 Å². The smallest absolute Gasteiger partial charge is 0.195 e. The number of benzene rings is 4. The van der Waals surface area contributed by atoms with Crippen LogP contribution in [0.2, 0.25) is 0 Å². The number of ketones is 2. The van der Waals surface area contributed by atoms with Crippen LogP contribution in [0.5, 0.6) is 0 Å². The van der Waals surface area contributed by atoms with Crippen molar-refractivity contribution < 1.29 is 9.59 Å². The second-order valence-corrected chi connectivity index (χ2v) is 8.24. The van der Waals surface area contributed by atoms with Gasteiger partial charge in [0.2, 0.25) is 0 Å². The van der Waals surface area contributed by atoms with Crippen LogP contribution in [0.25, 0.3) is 0 Å². The van der Waals surface area contributed by atoms with Crippen molar-refractivity contribution >= 4 is 22.9 Å². The molecule has 4 rings (SSSR count). The highest BCUT2D eigenvalue weighted by atomic mass is 16.1. The van der Waals surface area contributed by atoms with Crippen LogP contribution < -0.4 is 9.80 Å². The molecular formula is C30H30N2O2. The summed E-state index contributed by atoms with van der Waals surface area (Å²) in [4.78, 5) is 28.4. The zero-order chi connectivity index (χ0) is 24.5. The summed E-state index contributed by atoms with van der Waals surface area (Å²) in [6.45, 7) is 0. The van der Waals surface area contributed by atoms with Crippen LogP contribution in [0.1, 0.15) is 31.8 Å². The third-order valence-electron chi connectivity index (χ3n) is 5.35. The van der Waals surface area contributed by atoms with Gasteiger partial charge in [-0.2, -0.15) is 0 Å². The van der Waals surface area contributed by atoms with Crippen LogP contribution >= 0.6 is 0 Å². The number of carbonyl (C=O) groups is 2. The van der Waals surface area contributed by atoms with E-state index in [0.717, 1.165) is 33.6 Å². The molecular weight excluding hydrogens is 420 g/mol. The minimum atomic E-state index is 0.0647.